The van der Waals surface area contributed by atoms with Crippen molar-refractivity contribution in [3.63, 3.8) is 0 Å². The molecule has 0 saturated carbocycles. The first-order valence-electron chi connectivity index (χ1n) is 7.64. The SMILES string of the molecule is COc1ccc(/C=C\C(=O)c2ccc3cc(OC)ccc3c2)cc1. The summed E-state index contributed by atoms with van der Waals surface area (Å²) in [5.74, 6) is 1.58. The number of ketones is 1. The minimum Gasteiger partial charge on any atom is -0.497 e. The van der Waals surface area contributed by atoms with Crippen LogP contribution < -0.4 is 9.47 Å². The van der Waals surface area contributed by atoms with E-state index in [0.29, 0.717) is 5.56 Å². The molecule has 0 bridgehead atoms. The average molecular weight is 318 g/mol. The van der Waals surface area contributed by atoms with E-state index >= 15 is 0 Å². The number of rotatable bonds is 5. The lowest BCUT2D eigenvalue weighted by Gasteiger charge is -2.04. The summed E-state index contributed by atoms with van der Waals surface area (Å²) in [7, 11) is 3.27. The summed E-state index contributed by atoms with van der Waals surface area (Å²) < 4.78 is 10.3. The van der Waals surface area contributed by atoms with Crippen LogP contribution in [0.4, 0.5) is 0 Å². The molecule has 3 aromatic rings. The number of allylic oxidation sites excluding steroid dienone is 1. The standard InChI is InChI=1S/C21H18O3/c1-23-19-9-3-15(4-10-19)5-12-21(22)18-7-6-17-14-20(24-2)11-8-16(17)13-18/h3-14H,1-2H3/b12-5-. The zero-order valence-corrected chi connectivity index (χ0v) is 13.7. The Morgan fingerprint density at radius 2 is 1.42 bits per heavy atom. The van der Waals surface area contributed by atoms with Gasteiger partial charge in [-0.3, -0.25) is 4.79 Å². The molecule has 3 nitrogen and oxygen atoms in total. The highest BCUT2D eigenvalue weighted by molar-refractivity contribution is 6.08. The molecule has 0 unspecified atom stereocenters. The fourth-order valence-electron chi connectivity index (χ4n) is 2.49. The van der Waals surface area contributed by atoms with Crippen molar-refractivity contribution in [1.82, 2.24) is 0 Å². The fraction of sp³-hybridized carbons (Fsp3) is 0.0952. The molecule has 0 aliphatic rings. The van der Waals surface area contributed by atoms with Crippen molar-refractivity contribution in [2.45, 2.75) is 0 Å². The Bertz CT molecular complexity index is 893. The molecule has 0 saturated heterocycles. The van der Waals surface area contributed by atoms with Gasteiger partial charge in [-0.15, -0.1) is 0 Å². The van der Waals surface area contributed by atoms with Gasteiger partial charge >= 0.3 is 0 Å². The minimum atomic E-state index is -0.0245. The maximum atomic E-state index is 12.4. The predicted molar refractivity (Wildman–Crippen MR) is 96.9 cm³/mol. The van der Waals surface area contributed by atoms with E-state index in [1.807, 2.05) is 60.7 Å². The molecule has 3 heteroatoms. The summed E-state index contributed by atoms with van der Waals surface area (Å²) in [4.78, 5) is 12.4. The molecule has 3 rings (SSSR count). The Balaban J connectivity index is 1.81. The van der Waals surface area contributed by atoms with Crippen molar-refractivity contribution in [3.05, 3.63) is 77.9 Å². The maximum absolute atomic E-state index is 12.4. The summed E-state index contributed by atoms with van der Waals surface area (Å²) in [6, 6.07) is 19.0. The summed E-state index contributed by atoms with van der Waals surface area (Å²) in [5.41, 5.74) is 1.62. The number of fused-ring (bicyclic) bond motifs is 1. The number of methoxy groups -OCH3 is 2. The lowest BCUT2D eigenvalue weighted by molar-refractivity contribution is 0.104. The maximum Gasteiger partial charge on any atom is 0.185 e. The highest BCUT2D eigenvalue weighted by Gasteiger charge is 2.04. The Kier molecular flexibility index (Phi) is 4.62. The Morgan fingerprint density at radius 3 is 2.12 bits per heavy atom. The van der Waals surface area contributed by atoms with Crippen LogP contribution in [0.3, 0.4) is 0 Å². The summed E-state index contributed by atoms with van der Waals surface area (Å²) >= 11 is 0. The zero-order chi connectivity index (χ0) is 16.9. The van der Waals surface area contributed by atoms with Gasteiger partial charge in [-0.2, -0.15) is 0 Å². The quantitative estimate of drug-likeness (QED) is 0.503. The molecule has 3 aromatic carbocycles. The van der Waals surface area contributed by atoms with Gasteiger partial charge in [0.25, 0.3) is 0 Å². The fourth-order valence-corrected chi connectivity index (χ4v) is 2.49. The lowest BCUT2D eigenvalue weighted by Crippen LogP contribution is -1.94. The zero-order valence-electron chi connectivity index (χ0n) is 13.7. The van der Waals surface area contributed by atoms with Crippen LogP contribution in [0.5, 0.6) is 11.5 Å². The van der Waals surface area contributed by atoms with Gasteiger partial charge in [-0.1, -0.05) is 36.4 Å². The van der Waals surface area contributed by atoms with Gasteiger partial charge in [-0.25, -0.2) is 0 Å². The first kappa shape index (κ1) is 15.8. The van der Waals surface area contributed by atoms with Crippen molar-refractivity contribution in [3.8, 4) is 11.5 Å². The van der Waals surface area contributed by atoms with Crippen LogP contribution in [0.1, 0.15) is 15.9 Å². The van der Waals surface area contributed by atoms with Crippen LogP contribution >= 0.6 is 0 Å². The molecule has 0 radical (unpaired) electrons. The first-order chi connectivity index (χ1) is 11.7. The average Bonchev–Trinajstić information content (AvgIpc) is 2.65. The first-order valence-corrected chi connectivity index (χ1v) is 7.64. The topological polar surface area (TPSA) is 35.5 Å². The number of carbonyl (C=O) groups excluding carboxylic acids is 1. The second kappa shape index (κ2) is 7.01. The molecule has 120 valence electrons. The summed E-state index contributed by atoms with van der Waals surface area (Å²) in [6.45, 7) is 0. The molecular formula is C21H18O3. The van der Waals surface area contributed by atoms with Crippen molar-refractivity contribution in [2.24, 2.45) is 0 Å². The number of hydrogen-bond acceptors (Lipinski definition) is 3. The van der Waals surface area contributed by atoms with Gasteiger partial charge in [0, 0.05) is 5.56 Å². The molecule has 0 N–H and O–H groups in total. The van der Waals surface area contributed by atoms with Gasteiger partial charge in [0.1, 0.15) is 11.5 Å². The van der Waals surface area contributed by atoms with Crippen molar-refractivity contribution in [2.75, 3.05) is 14.2 Å². The third-order valence-electron chi connectivity index (χ3n) is 3.87. The van der Waals surface area contributed by atoms with Crippen LogP contribution in [-0.2, 0) is 0 Å². The van der Waals surface area contributed by atoms with E-state index in [1.54, 1.807) is 26.4 Å². The lowest BCUT2D eigenvalue weighted by atomic mass is 10.0. The van der Waals surface area contributed by atoms with Gasteiger partial charge in [-0.05, 0) is 52.7 Å². The Hall–Kier alpha value is -3.07. The van der Waals surface area contributed by atoms with Crippen LogP contribution in [-0.4, -0.2) is 20.0 Å². The monoisotopic (exact) mass is 318 g/mol. The molecule has 0 aromatic heterocycles. The van der Waals surface area contributed by atoms with E-state index in [0.717, 1.165) is 27.8 Å². The molecule has 0 spiro atoms. The van der Waals surface area contributed by atoms with Crippen LogP contribution in [0.15, 0.2) is 66.7 Å². The Morgan fingerprint density at radius 1 is 0.792 bits per heavy atom. The van der Waals surface area contributed by atoms with Gasteiger partial charge in [0.15, 0.2) is 5.78 Å². The van der Waals surface area contributed by atoms with E-state index in [-0.39, 0.29) is 5.78 Å². The molecule has 0 fully saturated rings. The normalized spacial score (nSPS) is 10.9. The number of hydrogen-bond donors (Lipinski definition) is 0. The minimum absolute atomic E-state index is 0.0245. The highest BCUT2D eigenvalue weighted by Crippen LogP contribution is 2.22. The molecule has 0 atom stereocenters. The van der Waals surface area contributed by atoms with Crippen molar-refractivity contribution >= 4 is 22.6 Å². The summed E-state index contributed by atoms with van der Waals surface area (Å²) in [6.07, 6.45) is 3.40. The third kappa shape index (κ3) is 3.46. The molecule has 0 amide bonds. The number of ether oxygens (including phenoxy) is 2. The van der Waals surface area contributed by atoms with E-state index < -0.39 is 0 Å². The van der Waals surface area contributed by atoms with E-state index in [1.165, 1.54) is 0 Å². The third-order valence-corrected chi connectivity index (χ3v) is 3.87. The molecular weight excluding hydrogens is 300 g/mol. The largest absolute Gasteiger partial charge is 0.497 e. The second-order valence-corrected chi connectivity index (χ2v) is 5.40. The van der Waals surface area contributed by atoms with Crippen molar-refractivity contribution < 1.29 is 14.3 Å². The van der Waals surface area contributed by atoms with Gasteiger partial charge in [0.2, 0.25) is 0 Å². The van der Waals surface area contributed by atoms with Gasteiger partial charge < -0.3 is 9.47 Å². The summed E-state index contributed by atoms with van der Waals surface area (Å²) in [5, 5.41) is 2.06. The highest BCUT2D eigenvalue weighted by atomic mass is 16.5. The van der Waals surface area contributed by atoms with E-state index in [4.69, 9.17) is 9.47 Å². The molecule has 0 aliphatic carbocycles. The molecule has 0 aliphatic heterocycles. The molecule has 0 heterocycles. The van der Waals surface area contributed by atoms with Crippen LogP contribution in [0.2, 0.25) is 0 Å². The number of benzene rings is 3. The predicted octanol–water partition coefficient (Wildman–Crippen LogP) is 4.75. The van der Waals surface area contributed by atoms with E-state index in [9.17, 15) is 4.79 Å². The smallest absolute Gasteiger partial charge is 0.185 e. The van der Waals surface area contributed by atoms with Crippen molar-refractivity contribution in [1.29, 1.82) is 0 Å². The van der Waals surface area contributed by atoms with Crippen LogP contribution in [0.25, 0.3) is 16.8 Å². The second-order valence-electron chi connectivity index (χ2n) is 5.40. The molecule has 24 heavy (non-hydrogen) atoms. The van der Waals surface area contributed by atoms with E-state index in [2.05, 4.69) is 0 Å². The Labute approximate surface area is 141 Å². The van der Waals surface area contributed by atoms with Gasteiger partial charge in [0.05, 0.1) is 14.2 Å². The van der Waals surface area contributed by atoms with Crippen LogP contribution in [0, 0.1) is 0 Å². The number of carbonyl (C=O) groups is 1.